The Labute approximate surface area is 203 Å². The van der Waals surface area contributed by atoms with Gasteiger partial charge in [0.15, 0.2) is 0 Å². The van der Waals surface area contributed by atoms with Crippen LogP contribution < -0.4 is 15.0 Å². The Morgan fingerprint density at radius 1 is 1.17 bits per heavy atom. The summed E-state index contributed by atoms with van der Waals surface area (Å²) in [5.74, 6) is -0.257. The van der Waals surface area contributed by atoms with Crippen LogP contribution in [-0.4, -0.2) is 23.6 Å². The first-order chi connectivity index (χ1) is 17.0. The molecule has 1 aliphatic heterocycles. The number of aromatic nitrogens is 1. The van der Waals surface area contributed by atoms with E-state index in [-0.39, 0.29) is 30.7 Å². The van der Waals surface area contributed by atoms with Crippen molar-refractivity contribution in [1.29, 1.82) is 0 Å². The fourth-order valence-electron chi connectivity index (χ4n) is 3.81. The van der Waals surface area contributed by atoms with Gasteiger partial charge in [0.05, 0.1) is 18.8 Å². The maximum atomic E-state index is 14.0. The average molecular weight is 478 g/mol. The number of nitrogens with zero attached hydrogens (tertiary/aromatic N) is 2. The highest BCUT2D eigenvalue weighted by Gasteiger charge is 2.26. The summed E-state index contributed by atoms with van der Waals surface area (Å²) in [4.78, 5) is 30.8. The van der Waals surface area contributed by atoms with E-state index < -0.39 is 5.82 Å². The molecule has 0 spiro atoms. The number of para-hydroxylation sites is 1. The second-order valence-electron chi connectivity index (χ2n) is 8.26. The third-order valence-electron chi connectivity index (χ3n) is 5.75. The molecule has 8 heteroatoms. The maximum Gasteiger partial charge on any atom is 0.326 e. The molecular weight excluding hydrogens is 449 g/mol. The van der Waals surface area contributed by atoms with Crippen molar-refractivity contribution in [3.63, 3.8) is 0 Å². The first-order valence-electron chi connectivity index (χ1n) is 11.7. The smallest absolute Gasteiger partial charge is 0.326 e. The molecule has 4 rings (SSSR count). The molecule has 35 heavy (non-hydrogen) atoms. The predicted molar refractivity (Wildman–Crippen MR) is 131 cm³/mol. The standard InChI is InChI=1S/C27H28FN3O4/c1-2-3-15-34-26(32)13-11-19-10-12-21(35-18-24-22(28)8-6-14-29-24)16-25(19)31-17-20-7-4-5-9-23(20)30-27(31)33/h4-10,12,14,16H,2-3,11,13,15,17-18H2,1H3,(H,30,33). The second kappa shape index (κ2) is 11.5. The van der Waals surface area contributed by atoms with Crippen LogP contribution in [0.1, 0.15) is 43.0 Å². The van der Waals surface area contributed by atoms with Crippen molar-refractivity contribution >= 4 is 23.4 Å². The Balaban J connectivity index is 1.56. The summed E-state index contributed by atoms with van der Waals surface area (Å²) in [6.07, 6.45) is 3.88. The minimum Gasteiger partial charge on any atom is -0.487 e. The second-order valence-corrected chi connectivity index (χ2v) is 8.26. The first kappa shape index (κ1) is 24.2. The number of urea groups is 1. The molecule has 0 saturated heterocycles. The maximum absolute atomic E-state index is 14.0. The summed E-state index contributed by atoms with van der Waals surface area (Å²) in [5, 5.41) is 2.91. The highest BCUT2D eigenvalue weighted by Crippen LogP contribution is 2.33. The zero-order valence-corrected chi connectivity index (χ0v) is 19.6. The number of esters is 1. The Morgan fingerprint density at radius 3 is 2.86 bits per heavy atom. The van der Waals surface area contributed by atoms with Gasteiger partial charge in [-0.2, -0.15) is 0 Å². The molecule has 2 amide bonds. The number of aryl methyl sites for hydroxylation is 1. The van der Waals surface area contributed by atoms with Crippen molar-refractivity contribution in [2.45, 2.75) is 45.8 Å². The van der Waals surface area contributed by atoms with Crippen LogP contribution >= 0.6 is 0 Å². The molecule has 7 nitrogen and oxygen atoms in total. The van der Waals surface area contributed by atoms with Gasteiger partial charge in [-0.05, 0) is 48.2 Å². The van der Waals surface area contributed by atoms with Crippen LogP contribution in [0.2, 0.25) is 0 Å². The lowest BCUT2D eigenvalue weighted by Crippen LogP contribution is -2.39. The van der Waals surface area contributed by atoms with Crippen LogP contribution in [0.4, 0.5) is 20.6 Å². The molecule has 0 fully saturated rings. The van der Waals surface area contributed by atoms with Crippen LogP contribution in [0.15, 0.2) is 60.8 Å². The number of pyridine rings is 1. The number of rotatable bonds is 10. The van der Waals surface area contributed by atoms with Crippen molar-refractivity contribution in [2.24, 2.45) is 0 Å². The number of carbonyl (C=O) groups excluding carboxylic acids is 2. The lowest BCUT2D eigenvalue weighted by Gasteiger charge is -2.31. The summed E-state index contributed by atoms with van der Waals surface area (Å²) in [6.45, 7) is 2.76. The summed E-state index contributed by atoms with van der Waals surface area (Å²) >= 11 is 0. The molecule has 3 aromatic rings. The third-order valence-corrected chi connectivity index (χ3v) is 5.75. The van der Waals surface area contributed by atoms with Crippen LogP contribution in [-0.2, 0) is 29.1 Å². The minimum absolute atomic E-state index is 0.0513. The van der Waals surface area contributed by atoms with E-state index in [1.54, 1.807) is 17.0 Å². The van der Waals surface area contributed by atoms with Crippen molar-refractivity contribution in [3.8, 4) is 5.75 Å². The van der Waals surface area contributed by atoms with Gasteiger partial charge >= 0.3 is 12.0 Å². The molecule has 1 aromatic heterocycles. The number of halogens is 1. The van der Waals surface area contributed by atoms with Gasteiger partial charge in [-0.1, -0.05) is 37.6 Å². The van der Waals surface area contributed by atoms with Gasteiger partial charge in [0.1, 0.15) is 23.9 Å². The predicted octanol–water partition coefficient (Wildman–Crippen LogP) is 5.63. The van der Waals surface area contributed by atoms with Gasteiger partial charge < -0.3 is 14.8 Å². The van der Waals surface area contributed by atoms with E-state index in [4.69, 9.17) is 9.47 Å². The number of benzene rings is 2. The van der Waals surface area contributed by atoms with Gasteiger partial charge in [-0.3, -0.25) is 14.7 Å². The molecule has 182 valence electrons. The minimum atomic E-state index is -0.446. The van der Waals surface area contributed by atoms with Gasteiger partial charge in [0.2, 0.25) is 0 Å². The molecular formula is C27H28FN3O4. The first-order valence-corrected chi connectivity index (χ1v) is 11.7. The van der Waals surface area contributed by atoms with Crippen LogP contribution in [0.3, 0.4) is 0 Å². The molecule has 0 radical (unpaired) electrons. The van der Waals surface area contributed by atoms with Gasteiger partial charge in [0.25, 0.3) is 0 Å². The number of ether oxygens (including phenoxy) is 2. The highest BCUT2D eigenvalue weighted by atomic mass is 19.1. The number of carbonyl (C=O) groups is 2. The number of amides is 2. The van der Waals surface area contributed by atoms with E-state index >= 15 is 0 Å². The summed E-state index contributed by atoms with van der Waals surface area (Å²) in [6, 6.07) is 15.5. The van der Waals surface area contributed by atoms with Gasteiger partial charge in [0, 0.05) is 24.4 Å². The van der Waals surface area contributed by atoms with Crippen molar-refractivity contribution in [3.05, 3.63) is 83.4 Å². The topological polar surface area (TPSA) is 80.8 Å². The van der Waals surface area contributed by atoms with Crippen LogP contribution in [0.5, 0.6) is 5.75 Å². The molecule has 0 saturated carbocycles. The van der Waals surface area contributed by atoms with E-state index in [0.717, 1.165) is 29.7 Å². The Kier molecular flexibility index (Phi) is 7.92. The zero-order valence-electron chi connectivity index (χ0n) is 19.6. The summed E-state index contributed by atoms with van der Waals surface area (Å²) in [7, 11) is 0. The lowest BCUT2D eigenvalue weighted by molar-refractivity contribution is -0.143. The molecule has 2 heterocycles. The summed E-state index contributed by atoms with van der Waals surface area (Å²) in [5.41, 5.74) is 3.37. The Morgan fingerprint density at radius 2 is 2.03 bits per heavy atom. The number of unbranched alkanes of at least 4 members (excludes halogenated alkanes) is 1. The number of hydrogen-bond acceptors (Lipinski definition) is 5. The fraction of sp³-hybridized carbons (Fsp3) is 0.296. The van der Waals surface area contributed by atoms with E-state index in [0.29, 0.717) is 31.0 Å². The summed E-state index contributed by atoms with van der Waals surface area (Å²) < 4.78 is 25.0. The zero-order chi connectivity index (χ0) is 24.6. The van der Waals surface area contributed by atoms with E-state index in [2.05, 4.69) is 10.3 Å². The molecule has 1 aliphatic rings. The fourth-order valence-corrected chi connectivity index (χ4v) is 3.81. The molecule has 0 atom stereocenters. The van der Waals surface area contributed by atoms with Gasteiger partial charge in [-0.25, -0.2) is 9.18 Å². The van der Waals surface area contributed by atoms with E-state index in [1.807, 2.05) is 37.3 Å². The van der Waals surface area contributed by atoms with Crippen LogP contribution in [0.25, 0.3) is 0 Å². The number of fused-ring (bicyclic) bond motifs is 1. The largest absolute Gasteiger partial charge is 0.487 e. The molecule has 2 aromatic carbocycles. The van der Waals surface area contributed by atoms with E-state index in [9.17, 15) is 14.0 Å². The quantitative estimate of drug-likeness (QED) is 0.302. The monoisotopic (exact) mass is 477 g/mol. The Hall–Kier alpha value is -3.94. The van der Waals surface area contributed by atoms with Crippen molar-refractivity contribution in [1.82, 2.24) is 4.98 Å². The number of hydrogen-bond donors (Lipinski definition) is 1. The van der Waals surface area contributed by atoms with Crippen molar-refractivity contribution in [2.75, 3.05) is 16.8 Å². The molecule has 0 unspecified atom stereocenters. The highest BCUT2D eigenvalue weighted by molar-refractivity contribution is 6.04. The third kappa shape index (κ3) is 6.15. The molecule has 0 bridgehead atoms. The lowest BCUT2D eigenvalue weighted by atomic mass is 10.0. The SMILES string of the molecule is CCCCOC(=O)CCc1ccc(OCc2ncccc2F)cc1N1Cc2ccccc2NC1=O. The normalized spacial score (nSPS) is 12.6. The average Bonchev–Trinajstić information content (AvgIpc) is 2.87. The van der Waals surface area contributed by atoms with Crippen molar-refractivity contribution < 1.29 is 23.5 Å². The van der Waals surface area contributed by atoms with Gasteiger partial charge in [-0.15, -0.1) is 0 Å². The van der Waals surface area contributed by atoms with Crippen LogP contribution in [0, 0.1) is 5.82 Å². The molecule has 0 aliphatic carbocycles. The van der Waals surface area contributed by atoms with E-state index in [1.165, 1.54) is 18.3 Å². The Bertz CT molecular complexity index is 1200. The number of nitrogens with one attached hydrogen (secondary N) is 1. The number of anilines is 2. The molecule has 1 N–H and O–H groups in total.